The number of benzene rings is 3. The van der Waals surface area contributed by atoms with Gasteiger partial charge in [0.15, 0.2) is 18.2 Å². The number of methoxy groups -OCH3 is 1. The van der Waals surface area contributed by atoms with Crippen molar-refractivity contribution in [2.45, 2.75) is 243 Å². The highest BCUT2D eigenvalue weighted by Gasteiger charge is 2.55. The summed E-state index contributed by atoms with van der Waals surface area (Å²) in [4.78, 5) is 0. The third-order valence-corrected chi connectivity index (χ3v) is 34.8. The van der Waals surface area contributed by atoms with Gasteiger partial charge in [-0.3, -0.25) is 0 Å². The first-order chi connectivity index (χ1) is 35.1. The van der Waals surface area contributed by atoms with E-state index in [9.17, 15) is 0 Å². The maximum atomic E-state index is 7.99. The van der Waals surface area contributed by atoms with Gasteiger partial charge in [0.1, 0.15) is 30.5 Å². The lowest BCUT2D eigenvalue weighted by molar-refractivity contribution is -0.307. The molecule has 3 aromatic carbocycles. The van der Waals surface area contributed by atoms with E-state index < -0.39 is 74.0 Å². The first-order valence-corrected chi connectivity index (χ1v) is 34.5. The summed E-state index contributed by atoms with van der Waals surface area (Å²) in [7, 11) is -5.79. The topological polar surface area (TPSA) is 83.1 Å². The molecule has 1 saturated heterocycles. The molecule has 2 aliphatic rings. The van der Waals surface area contributed by atoms with Crippen molar-refractivity contribution in [3.8, 4) is 11.8 Å². The first-order valence-electron chi connectivity index (χ1n) is 28.1. The van der Waals surface area contributed by atoms with Crippen molar-refractivity contribution in [2.75, 3.05) is 13.7 Å². The Kier molecular flexibility index (Phi) is 23.5. The molecule has 412 valence electrons. The zero-order chi connectivity index (χ0) is 54.5. The molecule has 9 nitrogen and oxygen atoms in total. The van der Waals surface area contributed by atoms with Crippen LogP contribution in [0.1, 0.15) is 141 Å². The van der Waals surface area contributed by atoms with Gasteiger partial charge in [-0.15, -0.1) is 0 Å². The molecule has 1 fully saturated rings. The maximum Gasteiger partial charge on any atom is 0.201 e. The van der Waals surface area contributed by atoms with Crippen LogP contribution in [0.5, 0.6) is 0 Å². The second-order valence-corrected chi connectivity index (χ2v) is 40.1. The van der Waals surface area contributed by atoms with E-state index in [0.29, 0.717) is 82.1 Å². The van der Waals surface area contributed by atoms with Crippen molar-refractivity contribution in [1.82, 2.24) is 0 Å². The van der Waals surface area contributed by atoms with Gasteiger partial charge < -0.3 is 41.7 Å². The van der Waals surface area contributed by atoms with E-state index in [1.54, 1.807) is 7.11 Å². The van der Waals surface area contributed by atoms with Gasteiger partial charge in [0.25, 0.3) is 0 Å². The second kappa shape index (κ2) is 28.1. The predicted octanol–water partition coefficient (Wildman–Crippen LogP) is 15.7. The largest absolute Gasteiger partial charge is 0.477 e. The summed E-state index contributed by atoms with van der Waals surface area (Å²) >= 11 is 0. The van der Waals surface area contributed by atoms with Crippen LogP contribution < -0.4 is 0 Å². The Labute approximate surface area is 452 Å². The average Bonchev–Trinajstić information content (AvgIpc) is 3.35. The minimum absolute atomic E-state index is 0.307. The molecule has 3 aromatic rings. The number of ether oxygens (including phenoxy) is 6. The van der Waals surface area contributed by atoms with Crippen LogP contribution in [0.25, 0.3) is 0 Å². The van der Waals surface area contributed by atoms with Gasteiger partial charge in [-0.2, -0.15) is 0 Å². The van der Waals surface area contributed by atoms with Crippen LogP contribution in [0.15, 0.2) is 103 Å². The summed E-state index contributed by atoms with van der Waals surface area (Å²) in [5.41, 5.74) is 6.25. The summed E-state index contributed by atoms with van der Waals surface area (Å²) < 4.78 is 64.6. The molecule has 2 aliphatic heterocycles. The summed E-state index contributed by atoms with van der Waals surface area (Å²) in [6.45, 7) is 43.6. The molecule has 0 saturated carbocycles. The zero-order valence-electron chi connectivity index (χ0n) is 49.1. The lowest BCUT2D eigenvalue weighted by atomic mass is 9.97. The molecule has 0 bridgehead atoms. The third kappa shape index (κ3) is 14.4. The van der Waals surface area contributed by atoms with Crippen LogP contribution >= 0.6 is 0 Å². The minimum atomic E-state index is -2.53. The number of hydrogen-bond donors (Lipinski definition) is 0. The van der Waals surface area contributed by atoms with Gasteiger partial charge in [0, 0.05) is 7.11 Å². The Hall–Kier alpha value is -2.91. The number of hydrogen-bond acceptors (Lipinski definition) is 9. The molecule has 0 aliphatic carbocycles. The molecule has 0 unspecified atom stereocenters. The minimum Gasteiger partial charge on any atom is -0.477 e. The number of rotatable bonds is 26. The number of allylic oxidation sites excluding steroid dienone is 1. The van der Waals surface area contributed by atoms with E-state index in [2.05, 4.69) is 179 Å². The van der Waals surface area contributed by atoms with Crippen molar-refractivity contribution in [3.05, 3.63) is 120 Å². The Morgan fingerprint density at radius 2 is 0.838 bits per heavy atom. The zero-order valence-corrected chi connectivity index (χ0v) is 52.1. The smallest absolute Gasteiger partial charge is 0.201 e. The summed E-state index contributed by atoms with van der Waals surface area (Å²) in [5, 5.41) is 0. The molecule has 8 atom stereocenters. The molecule has 0 amide bonds. The Morgan fingerprint density at radius 1 is 0.459 bits per heavy atom. The van der Waals surface area contributed by atoms with Crippen molar-refractivity contribution in [3.63, 3.8) is 0 Å². The van der Waals surface area contributed by atoms with Crippen LogP contribution in [0.4, 0.5) is 0 Å². The molecule has 2 heterocycles. The van der Waals surface area contributed by atoms with Crippen LogP contribution in [-0.2, 0) is 61.5 Å². The quantitative estimate of drug-likeness (QED) is 0.0577. The maximum absolute atomic E-state index is 7.99. The van der Waals surface area contributed by atoms with Crippen molar-refractivity contribution < 1.29 is 41.7 Å². The summed E-state index contributed by atoms with van der Waals surface area (Å²) in [6, 6.07) is 30.5. The van der Waals surface area contributed by atoms with Gasteiger partial charge in [-0.25, -0.2) is 0 Å². The van der Waals surface area contributed by atoms with E-state index in [-0.39, 0.29) is 0 Å². The van der Waals surface area contributed by atoms with E-state index in [1.165, 1.54) is 0 Å². The standard InChI is InChI=1S/C62H98O9Si3/c1-42(2)72(43(3)4,44(5)6)67-41-57-58(71-74(48(13)14,49(15)16)50(17)18)56(70-73(45(7)8,46(9)10)47(11)12)37-54(68-57)35-36-55-59(64-38-51-29-23-20-24-30-51)60(65-39-52-31-25-21-26-32-52)61(62(63-19)69-55)66-40-53-33-27-22-28-34-53/h20-34,37,42-50,55-62H,38-41H2,1-19H3/t55-,56-,57-,58+,59-,60+,61-,62+/m1/s1. The molecule has 12 heteroatoms. The van der Waals surface area contributed by atoms with Gasteiger partial charge in [-0.1, -0.05) is 222 Å². The fourth-order valence-electron chi connectivity index (χ4n) is 13.3. The lowest BCUT2D eigenvalue weighted by Gasteiger charge is -2.52. The Morgan fingerprint density at radius 3 is 1.23 bits per heavy atom. The van der Waals surface area contributed by atoms with Crippen LogP contribution in [0.2, 0.25) is 49.9 Å². The van der Waals surface area contributed by atoms with E-state index >= 15 is 0 Å². The van der Waals surface area contributed by atoms with Gasteiger partial charge in [-0.05, 0) is 78.6 Å². The molecular formula is C62H98O9Si3. The molecule has 0 N–H and O–H groups in total. The monoisotopic (exact) mass is 1070 g/mol. The lowest BCUT2D eigenvalue weighted by Crippen LogP contribution is -2.61. The highest BCUT2D eigenvalue weighted by Crippen LogP contribution is 2.49. The van der Waals surface area contributed by atoms with E-state index in [4.69, 9.17) is 41.7 Å². The highest BCUT2D eigenvalue weighted by atomic mass is 28.4. The fraction of sp³-hybridized carbons (Fsp3) is 0.645. The molecule has 5 rings (SSSR count). The van der Waals surface area contributed by atoms with Gasteiger partial charge in [0.05, 0.1) is 32.5 Å². The van der Waals surface area contributed by atoms with Gasteiger partial charge >= 0.3 is 0 Å². The summed E-state index contributed by atoms with van der Waals surface area (Å²) in [6.07, 6.45) is -2.88. The first kappa shape index (κ1) is 61.9. The Bertz CT molecular complexity index is 2120. The van der Waals surface area contributed by atoms with Gasteiger partial charge in [0.2, 0.25) is 25.0 Å². The average molecular weight is 1070 g/mol. The van der Waals surface area contributed by atoms with E-state index in [1.807, 2.05) is 54.6 Å². The predicted molar refractivity (Wildman–Crippen MR) is 310 cm³/mol. The fourth-order valence-corrected chi connectivity index (χ4v) is 29.8. The van der Waals surface area contributed by atoms with Crippen molar-refractivity contribution in [2.24, 2.45) is 0 Å². The highest BCUT2D eigenvalue weighted by molar-refractivity contribution is 6.78. The van der Waals surface area contributed by atoms with Crippen molar-refractivity contribution >= 4 is 25.0 Å². The molecular weight excluding hydrogens is 973 g/mol. The van der Waals surface area contributed by atoms with Crippen LogP contribution in [0, 0.1) is 11.8 Å². The third-order valence-electron chi connectivity index (χ3n) is 16.5. The van der Waals surface area contributed by atoms with Crippen LogP contribution in [0.3, 0.4) is 0 Å². The molecule has 74 heavy (non-hydrogen) atoms. The van der Waals surface area contributed by atoms with E-state index in [0.717, 1.165) is 16.7 Å². The van der Waals surface area contributed by atoms with Crippen molar-refractivity contribution in [1.29, 1.82) is 0 Å². The normalized spacial score (nSPS) is 23.2. The summed E-state index contributed by atoms with van der Waals surface area (Å²) in [5.74, 6) is 7.64. The Balaban J connectivity index is 1.72. The SMILES string of the molecule is CO[C@H]1O[C@H](C#CC2=C[C@@H](O[Si](C(C)C)(C(C)C)C(C)C)[C@H](O[Si](C(C)C)(C(C)C)C(C)C)[C@@H](CO[Si](C(C)C)(C(C)C)C(C)C)O2)[C@@H](OCc2ccccc2)[C@H](OCc2ccccc2)[C@H]1OCc1ccccc1. The molecule has 0 spiro atoms. The molecule has 0 aromatic heterocycles. The van der Waals surface area contributed by atoms with Crippen LogP contribution in [-0.4, -0.2) is 87.7 Å². The molecule has 0 radical (unpaired) electrons. The second-order valence-electron chi connectivity index (χ2n) is 23.8.